The Morgan fingerprint density at radius 1 is 1.00 bits per heavy atom. The first kappa shape index (κ1) is 28.6. The van der Waals surface area contributed by atoms with Crippen LogP contribution in [0.4, 0.5) is 11.4 Å². The third-order valence-electron chi connectivity index (χ3n) is 5.98. The number of nitro groups is 1. The second-order valence-corrected chi connectivity index (χ2v) is 8.42. The third kappa shape index (κ3) is 7.51. The second-order valence-electron chi connectivity index (χ2n) is 8.42. The van der Waals surface area contributed by atoms with Crippen LogP contribution in [0.15, 0.2) is 83.6 Å². The van der Waals surface area contributed by atoms with Gasteiger partial charge in [0.1, 0.15) is 5.70 Å². The van der Waals surface area contributed by atoms with E-state index in [1.165, 1.54) is 19.2 Å². The molecule has 3 aromatic rings. The first-order chi connectivity index (χ1) is 18.8. The van der Waals surface area contributed by atoms with Gasteiger partial charge in [-0.2, -0.15) is 5.10 Å². The topological polar surface area (TPSA) is 126 Å². The van der Waals surface area contributed by atoms with Gasteiger partial charge in [-0.25, -0.2) is 5.43 Å². The Hall–Kier alpha value is -4.99. The molecule has 3 aromatic carbocycles. The summed E-state index contributed by atoms with van der Waals surface area (Å²) in [6.45, 7) is 7.48. The molecule has 39 heavy (non-hydrogen) atoms. The molecular weight excluding hydrogens is 498 g/mol. The van der Waals surface area contributed by atoms with Crippen LogP contribution in [0.3, 0.4) is 0 Å². The third-order valence-corrected chi connectivity index (χ3v) is 5.98. The summed E-state index contributed by atoms with van der Waals surface area (Å²) in [5.41, 5.74) is 5.09. The Labute approximate surface area is 227 Å². The van der Waals surface area contributed by atoms with Crippen LogP contribution >= 0.6 is 0 Å². The fourth-order valence-corrected chi connectivity index (χ4v) is 3.80. The summed E-state index contributed by atoms with van der Waals surface area (Å²) in [7, 11) is 1.35. The van der Waals surface area contributed by atoms with E-state index in [0.29, 0.717) is 22.4 Å². The zero-order valence-corrected chi connectivity index (χ0v) is 22.3. The van der Waals surface area contributed by atoms with Gasteiger partial charge in [0.15, 0.2) is 5.75 Å². The molecule has 0 aliphatic rings. The summed E-state index contributed by atoms with van der Waals surface area (Å²) < 4.78 is 5.03. The van der Waals surface area contributed by atoms with Gasteiger partial charge in [0.2, 0.25) is 0 Å². The van der Waals surface area contributed by atoms with Crippen LogP contribution in [0.2, 0.25) is 0 Å². The highest BCUT2D eigenvalue weighted by atomic mass is 16.6. The number of hydrogen-bond donors (Lipinski definition) is 2. The van der Waals surface area contributed by atoms with Gasteiger partial charge in [-0.15, -0.1) is 0 Å². The van der Waals surface area contributed by atoms with Gasteiger partial charge in [0.05, 0.1) is 17.7 Å². The lowest BCUT2D eigenvalue weighted by molar-refractivity contribution is -0.385. The van der Waals surface area contributed by atoms with Crippen molar-refractivity contribution < 1.29 is 19.2 Å². The van der Waals surface area contributed by atoms with Crippen LogP contribution in [0.25, 0.3) is 6.08 Å². The molecule has 0 aliphatic heterocycles. The van der Waals surface area contributed by atoms with Gasteiger partial charge in [-0.05, 0) is 68.8 Å². The number of methoxy groups -OCH3 is 1. The first-order valence-electron chi connectivity index (χ1n) is 12.4. The highest BCUT2D eigenvalue weighted by Crippen LogP contribution is 2.27. The van der Waals surface area contributed by atoms with Crippen LogP contribution in [-0.4, -0.2) is 42.6 Å². The maximum Gasteiger partial charge on any atom is 0.311 e. The maximum atomic E-state index is 13.2. The van der Waals surface area contributed by atoms with E-state index in [-0.39, 0.29) is 17.1 Å². The number of nitrogens with zero attached hydrogens (tertiary/aromatic N) is 3. The minimum absolute atomic E-state index is 0.0169. The summed E-state index contributed by atoms with van der Waals surface area (Å²) in [5, 5.41) is 18.1. The van der Waals surface area contributed by atoms with E-state index >= 15 is 0 Å². The Balaban J connectivity index is 1.88. The molecule has 0 radical (unpaired) electrons. The summed E-state index contributed by atoms with van der Waals surface area (Å²) in [5.74, 6) is -1.00. The molecule has 0 heterocycles. The Morgan fingerprint density at radius 2 is 1.67 bits per heavy atom. The molecule has 0 aliphatic carbocycles. The number of carbonyl (C=O) groups excluding carboxylic acids is 2. The molecule has 0 saturated carbocycles. The molecule has 0 saturated heterocycles. The van der Waals surface area contributed by atoms with E-state index in [4.69, 9.17) is 4.74 Å². The largest absolute Gasteiger partial charge is 0.490 e. The van der Waals surface area contributed by atoms with E-state index < -0.39 is 16.7 Å². The van der Waals surface area contributed by atoms with E-state index in [9.17, 15) is 19.7 Å². The number of amides is 2. The van der Waals surface area contributed by atoms with Gasteiger partial charge >= 0.3 is 5.69 Å². The standard InChI is InChI=1S/C29H31N5O5/c1-5-33(6-2)24-15-12-21(13-16-24)18-25(30-28(35)22-10-8-7-9-11-22)29(36)32-31-20(3)23-14-17-27(39-4)26(19-23)34(37)38/h7-19H,5-6H2,1-4H3,(H,30,35)(H,32,36). The average molecular weight is 530 g/mol. The lowest BCUT2D eigenvalue weighted by atomic mass is 10.1. The SMILES string of the molecule is CCN(CC)c1ccc(C=C(NC(=O)c2ccccc2)C(=O)NN=C(C)c2ccc(OC)c([N+](=O)[O-])c2)cc1. The Morgan fingerprint density at radius 3 is 2.26 bits per heavy atom. The van der Waals surface area contributed by atoms with E-state index in [0.717, 1.165) is 18.8 Å². The number of hydrazone groups is 1. The van der Waals surface area contributed by atoms with Crippen molar-refractivity contribution in [3.63, 3.8) is 0 Å². The second kappa shape index (κ2) is 13.5. The molecule has 2 N–H and O–H groups in total. The lowest BCUT2D eigenvalue weighted by Crippen LogP contribution is -2.33. The molecule has 10 heteroatoms. The molecule has 0 atom stereocenters. The van der Waals surface area contributed by atoms with Crippen LogP contribution < -0.4 is 20.4 Å². The first-order valence-corrected chi connectivity index (χ1v) is 12.4. The Bertz CT molecular complexity index is 1380. The van der Waals surface area contributed by atoms with Gasteiger partial charge in [-0.3, -0.25) is 19.7 Å². The molecule has 0 aromatic heterocycles. The van der Waals surface area contributed by atoms with Crippen molar-refractivity contribution in [1.82, 2.24) is 10.7 Å². The normalized spacial score (nSPS) is 11.5. The molecule has 0 bridgehead atoms. The number of carbonyl (C=O) groups is 2. The summed E-state index contributed by atoms with van der Waals surface area (Å²) >= 11 is 0. The molecule has 0 unspecified atom stereocenters. The fraction of sp³-hybridized carbons (Fsp3) is 0.207. The highest BCUT2D eigenvalue weighted by molar-refractivity contribution is 6.06. The number of nitrogens with one attached hydrogen (secondary N) is 2. The van der Waals surface area contributed by atoms with Gasteiger partial charge in [-0.1, -0.05) is 30.3 Å². The fourth-order valence-electron chi connectivity index (χ4n) is 3.80. The van der Waals surface area contributed by atoms with Crippen LogP contribution in [0.5, 0.6) is 5.75 Å². The molecule has 3 rings (SSSR count). The maximum absolute atomic E-state index is 13.2. The van der Waals surface area contributed by atoms with Crippen LogP contribution in [0.1, 0.15) is 42.3 Å². The molecule has 0 fully saturated rings. The van der Waals surface area contributed by atoms with Crippen molar-refractivity contribution in [2.75, 3.05) is 25.1 Å². The molecule has 0 spiro atoms. The molecule has 202 valence electrons. The monoisotopic (exact) mass is 529 g/mol. The summed E-state index contributed by atoms with van der Waals surface area (Å²) in [6.07, 6.45) is 1.56. The van der Waals surface area contributed by atoms with E-state index in [1.807, 2.05) is 24.3 Å². The highest BCUT2D eigenvalue weighted by Gasteiger charge is 2.18. The zero-order valence-electron chi connectivity index (χ0n) is 22.3. The van der Waals surface area contributed by atoms with Gasteiger partial charge in [0.25, 0.3) is 11.8 Å². The smallest absolute Gasteiger partial charge is 0.311 e. The van der Waals surface area contributed by atoms with Gasteiger partial charge in [0, 0.05) is 36.0 Å². The number of ether oxygens (including phenoxy) is 1. The predicted molar refractivity (Wildman–Crippen MR) is 152 cm³/mol. The number of nitro benzene ring substituents is 1. The average Bonchev–Trinajstić information content (AvgIpc) is 2.96. The number of hydrogen-bond acceptors (Lipinski definition) is 7. The van der Waals surface area contributed by atoms with Crippen LogP contribution in [-0.2, 0) is 4.79 Å². The molecule has 10 nitrogen and oxygen atoms in total. The van der Waals surface area contributed by atoms with E-state index in [2.05, 4.69) is 34.6 Å². The van der Waals surface area contributed by atoms with Gasteiger partial charge < -0.3 is 15.0 Å². The zero-order chi connectivity index (χ0) is 28.4. The Kier molecular flexibility index (Phi) is 9.91. The predicted octanol–water partition coefficient (Wildman–Crippen LogP) is 4.76. The van der Waals surface area contributed by atoms with Crippen molar-refractivity contribution in [2.45, 2.75) is 20.8 Å². The molecule has 2 amide bonds. The van der Waals surface area contributed by atoms with Crippen molar-refractivity contribution >= 4 is 35.0 Å². The summed E-state index contributed by atoms with van der Waals surface area (Å²) in [4.78, 5) is 39.0. The van der Waals surface area contributed by atoms with Crippen molar-refractivity contribution in [1.29, 1.82) is 0 Å². The number of rotatable bonds is 11. The quantitative estimate of drug-likeness (QED) is 0.160. The molecular formula is C29H31N5O5. The summed E-state index contributed by atoms with van der Waals surface area (Å²) in [6, 6.07) is 20.5. The lowest BCUT2D eigenvalue weighted by Gasteiger charge is -2.21. The number of anilines is 1. The van der Waals surface area contributed by atoms with Crippen LogP contribution in [0, 0.1) is 10.1 Å². The van der Waals surface area contributed by atoms with Crippen molar-refractivity contribution in [3.8, 4) is 5.75 Å². The minimum Gasteiger partial charge on any atom is -0.490 e. The number of benzene rings is 3. The van der Waals surface area contributed by atoms with Crippen molar-refractivity contribution in [3.05, 3.63) is 105 Å². The minimum atomic E-state index is -0.658. The van der Waals surface area contributed by atoms with E-state index in [1.54, 1.807) is 49.4 Å². The van der Waals surface area contributed by atoms with Crippen molar-refractivity contribution in [2.24, 2.45) is 5.10 Å².